The Balaban J connectivity index is 1.81. The summed E-state index contributed by atoms with van der Waals surface area (Å²) in [7, 11) is 0. The summed E-state index contributed by atoms with van der Waals surface area (Å²) in [6.45, 7) is 4.12. The first-order valence-electron chi connectivity index (χ1n) is 8.27. The maximum atomic E-state index is 14.4. The van der Waals surface area contributed by atoms with Crippen LogP contribution in [0, 0.1) is 5.82 Å². The van der Waals surface area contributed by atoms with E-state index in [0.29, 0.717) is 43.1 Å². The minimum Gasteiger partial charge on any atom is -0.376 e. The van der Waals surface area contributed by atoms with Crippen LogP contribution in [-0.2, 0) is 9.53 Å². The van der Waals surface area contributed by atoms with Gasteiger partial charge in [0.1, 0.15) is 5.82 Å². The van der Waals surface area contributed by atoms with Gasteiger partial charge in [0.2, 0.25) is 5.91 Å². The third-order valence-electron chi connectivity index (χ3n) is 4.74. The Bertz CT molecular complexity index is 604. The number of nitrogens with two attached hydrogens (primary N) is 1. The van der Waals surface area contributed by atoms with Gasteiger partial charge in [-0.15, -0.1) is 0 Å². The van der Waals surface area contributed by atoms with Gasteiger partial charge >= 0.3 is 0 Å². The van der Waals surface area contributed by atoms with E-state index < -0.39 is 5.54 Å². The van der Waals surface area contributed by atoms with Crippen molar-refractivity contribution in [3.8, 4) is 0 Å². The zero-order chi connectivity index (χ0) is 17.3. The van der Waals surface area contributed by atoms with Crippen LogP contribution in [0.4, 0.5) is 4.39 Å². The highest BCUT2D eigenvalue weighted by molar-refractivity contribution is 6.31. The highest BCUT2D eigenvalue weighted by Crippen LogP contribution is 2.34. The molecule has 1 aromatic rings. The molecular formula is C17H23ClFN3O2. The van der Waals surface area contributed by atoms with Crippen molar-refractivity contribution in [2.24, 2.45) is 5.73 Å². The smallest absolute Gasteiger partial charge is 0.240 e. The Hall–Kier alpha value is -1.21. The number of amides is 1. The largest absolute Gasteiger partial charge is 0.376 e. The van der Waals surface area contributed by atoms with Gasteiger partial charge in [0.25, 0.3) is 0 Å². The van der Waals surface area contributed by atoms with E-state index in [1.165, 1.54) is 6.07 Å². The van der Waals surface area contributed by atoms with E-state index in [-0.39, 0.29) is 30.4 Å². The van der Waals surface area contributed by atoms with Gasteiger partial charge in [0.05, 0.1) is 24.3 Å². The second kappa shape index (κ2) is 6.96. The zero-order valence-corrected chi connectivity index (χ0v) is 14.5. The van der Waals surface area contributed by atoms with Gasteiger partial charge in [0.15, 0.2) is 0 Å². The fourth-order valence-electron chi connectivity index (χ4n) is 3.10. The van der Waals surface area contributed by atoms with Gasteiger partial charge < -0.3 is 15.8 Å². The van der Waals surface area contributed by atoms with Gasteiger partial charge in [0, 0.05) is 30.2 Å². The lowest BCUT2D eigenvalue weighted by Crippen LogP contribution is -2.49. The van der Waals surface area contributed by atoms with Crippen LogP contribution < -0.4 is 11.1 Å². The molecule has 3 N–H and O–H groups in total. The number of carbonyl (C=O) groups is 1. The molecule has 1 aliphatic heterocycles. The highest BCUT2D eigenvalue weighted by Gasteiger charge is 2.46. The standard InChI is InChI=1S/C17H23ClFN3O2/c1-11-10-22(7-8-24-11)14(9-21-16(23)17(20)5-6-17)15-12(18)3-2-4-13(15)19/h2-4,11,14H,5-10,20H2,1H3,(H,21,23)/t11-,14+/m0/s1. The van der Waals surface area contributed by atoms with Crippen LogP contribution in [0.15, 0.2) is 18.2 Å². The maximum Gasteiger partial charge on any atom is 0.240 e. The molecule has 1 saturated carbocycles. The van der Waals surface area contributed by atoms with Crippen LogP contribution in [0.1, 0.15) is 31.4 Å². The first-order chi connectivity index (χ1) is 11.4. The Morgan fingerprint density at radius 2 is 2.33 bits per heavy atom. The van der Waals surface area contributed by atoms with Gasteiger partial charge in [-0.3, -0.25) is 9.69 Å². The van der Waals surface area contributed by atoms with Crippen LogP contribution in [-0.4, -0.2) is 48.7 Å². The van der Waals surface area contributed by atoms with Gasteiger partial charge in [-0.05, 0) is 31.9 Å². The number of nitrogens with zero attached hydrogens (tertiary/aromatic N) is 1. The van der Waals surface area contributed by atoms with Crippen molar-refractivity contribution in [1.82, 2.24) is 10.2 Å². The number of hydrogen-bond donors (Lipinski definition) is 2. The summed E-state index contributed by atoms with van der Waals surface area (Å²) < 4.78 is 20.0. The Kier molecular flexibility index (Phi) is 5.11. The zero-order valence-electron chi connectivity index (χ0n) is 13.7. The average molecular weight is 356 g/mol. The number of benzene rings is 1. The topological polar surface area (TPSA) is 67.6 Å². The molecule has 0 spiro atoms. The van der Waals surface area contributed by atoms with E-state index in [1.807, 2.05) is 6.92 Å². The van der Waals surface area contributed by atoms with Crippen LogP contribution in [0.25, 0.3) is 0 Å². The van der Waals surface area contributed by atoms with E-state index in [4.69, 9.17) is 22.1 Å². The minimum absolute atomic E-state index is 0.0479. The highest BCUT2D eigenvalue weighted by atomic mass is 35.5. The van der Waals surface area contributed by atoms with Crippen molar-refractivity contribution < 1.29 is 13.9 Å². The number of morpholine rings is 1. The number of rotatable bonds is 5. The number of hydrogen-bond acceptors (Lipinski definition) is 4. The lowest BCUT2D eigenvalue weighted by Gasteiger charge is -2.38. The fraction of sp³-hybridized carbons (Fsp3) is 0.588. The molecule has 7 heteroatoms. The Morgan fingerprint density at radius 3 is 2.96 bits per heavy atom. The van der Waals surface area contributed by atoms with Crippen molar-refractivity contribution >= 4 is 17.5 Å². The summed E-state index contributed by atoms with van der Waals surface area (Å²) in [5, 5.41) is 3.24. The van der Waals surface area contributed by atoms with E-state index in [0.717, 1.165) is 0 Å². The van der Waals surface area contributed by atoms with Gasteiger partial charge in [-0.1, -0.05) is 17.7 Å². The van der Waals surface area contributed by atoms with Crippen LogP contribution in [0.3, 0.4) is 0 Å². The SMILES string of the molecule is C[C@H]1CN([C@H](CNC(=O)C2(N)CC2)c2c(F)cccc2Cl)CCO1. The molecule has 5 nitrogen and oxygen atoms in total. The lowest BCUT2D eigenvalue weighted by molar-refractivity contribution is -0.123. The molecule has 1 amide bonds. The normalized spacial score (nSPS) is 24.4. The predicted octanol–water partition coefficient (Wildman–Crippen LogP) is 1.85. The molecular weight excluding hydrogens is 333 g/mol. The van der Waals surface area contributed by atoms with E-state index >= 15 is 0 Å². The fourth-order valence-corrected chi connectivity index (χ4v) is 3.39. The minimum atomic E-state index is -0.748. The molecule has 1 saturated heterocycles. The van der Waals surface area contributed by atoms with Crippen molar-refractivity contribution in [2.75, 3.05) is 26.2 Å². The molecule has 3 rings (SSSR count). The third-order valence-corrected chi connectivity index (χ3v) is 5.07. The van der Waals surface area contributed by atoms with E-state index in [9.17, 15) is 9.18 Å². The van der Waals surface area contributed by atoms with Crippen molar-refractivity contribution in [3.05, 3.63) is 34.6 Å². The molecule has 1 aromatic carbocycles. The second-order valence-corrected chi connectivity index (χ2v) is 7.10. The summed E-state index contributed by atoms with van der Waals surface area (Å²) in [6, 6.07) is 4.30. The molecule has 132 valence electrons. The predicted molar refractivity (Wildman–Crippen MR) is 90.3 cm³/mol. The summed E-state index contributed by atoms with van der Waals surface area (Å²) >= 11 is 6.26. The lowest BCUT2D eigenvalue weighted by atomic mass is 10.0. The van der Waals surface area contributed by atoms with Gasteiger partial charge in [-0.25, -0.2) is 4.39 Å². The molecule has 2 aliphatic rings. The van der Waals surface area contributed by atoms with Crippen molar-refractivity contribution in [1.29, 1.82) is 0 Å². The molecule has 2 atom stereocenters. The van der Waals surface area contributed by atoms with E-state index in [1.54, 1.807) is 12.1 Å². The molecule has 0 unspecified atom stereocenters. The van der Waals surface area contributed by atoms with Gasteiger partial charge in [-0.2, -0.15) is 0 Å². The van der Waals surface area contributed by atoms with Crippen LogP contribution in [0.2, 0.25) is 5.02 Å². The summed E-state index contributed by atoms with van der Waals surface area (Å²) in [5.74, 6) is -0.545. The molecule has 1 aliphatic carbocycles. The van der Waals surface area contributed by atoms with Crippen molar-refractivity contribution in [3.63, 3.8) is 0 Å². The number of halogens is 2. The third kappa shape index (κ3) is 3.72. The number of carbonyl (C=O) groups excluding carboxylic acids is 1. The quantitative estimate of drug-likeness (QED) is 0.846. The Labute approximate surface area is 146 Å². The number of nitrogens with one attached hydrogen (secondary N) is 1. The second-order valence-electron chi connectivity index (χ2n) is 6.69. The summed E-state index contributed by atoms with van der Waals surface area (Å²) in [4.78, 5) is 14.3. The first kappa shape index (κ1) is 17.6. The monoisotopic (exact) mass is 355 g/mol. The average Bonchev–Trinajstić information content (AvgIpc) is 3.29. The molecule has 0 aromatic heterocycles. The molecule has 2 fully saturated rings. The van der Waals surface area contributed by atoms with E-state index in [2.05, 4.69) is 10.2 Å². The Morgan fingerprint density at radius 1 is 1.58 bits per heavy atom. The first-order valence-corrected chi connectivity index (χ1v) is 8.65. The maximum absolute atomic E-state index is 14.4. The molecule has 0 radical (unpaired) electrons. The number of ether oxygens (including phenoxy) is 1. The van der Waals surface area contributed by atoms with Crippen LogP contribution in [0.5, 0.6) is 0 Å². The van der Waals surface area contributed by atoms with Crippen LogP contribution >= 0.6 is 11.6 Å². The molecule has 1 heterocycles. The summed E-state index contributed by atoms with van der Waals surface area (Å²) in [5.41, 5.74) is 5.59. The molecule has 24 heavy (non-hydrogen) atoms. The van der Waals surface area contributed by atoms with Crippen molar-refractivity contribution in [2.45, 2.75) is 37.5 Å². The molecule has 0 bridgehead atoms. The summed E-state index contributed by atoms with van der Waals surface area (Å²) in [6.07, 6.45) is 1.43.